The summed E-state index contributed by atoms with van der Waals surface area (Å²) in [5.41, 5.74) is 0. The first kappa shape index (κ1) is 12.2. The second-order valence-corrected chi connectivity index (χ2v) is 3.52. The normalized spacial score (nSPS) is 21.9. The molecule has 1 fully saturated rings. The van der Waals surface area contributed by atoms with E-state index in [1.165, 1.54) is 4.90 Å². The lowest BCUT2D eigenvalue weighted by molar-refractivity contribution is 0.0424. The molecule has 15 heavy (non-hydrogen) atoms. The molecule has 1 aliphatic rings. The molecule has 1 aliphatic heterocycles. The number of hydrogen-bond donors (Lipinski definition) is 1. The van der Waals surface area contributed by atoms with Gasteiger partial charge in [-0.1, -0.05) is 0 Å². The molecule has 1 heterocycles. The summed E-state index contributed by atoms with van der Waals surface area (Å²) in [6.07, 6.45) is -0.719. The SMILES string of the molecule is COC1CCCN(C(=O)NCC(F)F)C1. The highest BCUT2D eigenvalue weighted by Crippen LogP contribution is 2.12. The number of carbonyl (C=O) groups is 1. The van der Waals surface area contributed by atoms with Gasteiger partial charge in [0, 0.05) is 20.2 Å². The minimum atomic E-state index is -2.50. The van der Waals surface area contributed by atoms with Crippen LogP contribution in [0.25, 0.3) is 0 Å². The molecule has 0 aliphatic carbocycles. The zero-order valence-electron chi connectivity index (χ0n) is 8.71. The lowest BCUT2D eigenvalue weighted by atomic mass is 10.1. The van der Waals surface area contributed by atoms with E-state index in [2.05, 4.69) is 5.32 Å². The van der Waals surface area contributed by atoms with Crippen LogP contribution in [0.4, 0.5) is 13.6 Å². The van der Waals surface area contributed by atoms with Crippen LogP contribution >= 0.6 is 0 Å². The van der Waals surface area contributed by atoms with E-state index in [0.29, 0.717) is 13.1 Å². The van der Waals surface area contributed by atoms with Crippen molar-refractivity contribution in [2.24, 2.45) is 0 Å². The maximum absolute atomic E-state index is 11.8. The van der Waals surface area contributed by atoms with E-state index < -0.39 is 19.0 Å². The van der Waals surface area contributed by atoms with Crippen LogP contribution in [0.5, 0.6) is 0 Å². The number of hydrogen-bond acceptors (Lipinski definition) is 2. The minimum Gasteiger partial charge on any atom is -0.380 e. The molecule has 0 bridgehead atoms. The van der Waals surface area contributed by atoms with Gasteiger partial charge < -0.3 is 15.0 Å². The van der Waals surface area contributed by atoms with Gasteiger partial charge in [0.15, 0.2) is 0 Å². The van der Waals surface area contributed by atoms with E-state index in [-0.39, 0.29) is 6.10 Å². The molecule has 0 aromatic heterocycles. The maximum Gasteiger partial charge on any atom is 0.317 e. The van der Waals surface area contributed by atoms with Crippen LogP contribution in [-0.2, 0) is 4.74 Å². The average molecular weight is 222 g/mol. The van der Waals surface area contributed by atoms with Crippen LogP contribution in [0.3, 0.4) is 0 Å². The molecule has 0 spiro atoms. The average Bonchev–Trinajstić information content (AvgIpc) is 2.26. The first-order valence-corrected chi connectivity index (χ1v) is 4.97. The molecule has 0 aromatic carbocycles. The molecule has 1 unspecified atom stereocenters. The van der Waals surface area contributed by atoms with Crippen LogP contribution in [0.1, 0.15) is 12.8 Å². The van der Waals surface area contributed by atoms with Gasteiger partial charge in [-0.25, -0.2) is 13.6 Å². The summed E-state index contributed by atoms with van der Waals surface area (Å²) >= 11 is 0. The van der Waals surface area contributed by atoms with Gasteiger partial charge in [0.25, 0.3) is 6.43 Å². The molecule has 1 N–H and O–H groups in total. The summed E-state index contributed by atoms with van der Waals surface area (Å²) < 4.78 is 28.8. The lowest BCUT2D eigenvalue weighted by Crippen LogP contribution is -2.48. The van der Waals surface area contributed by atoms with E-state index in [1.807, 2.05) is 0 Å². The van der Waals surface area contributed by atoms with Crippen LogP contribution in [0.2, 0.25) is 0 Å². The monoisotopic (exact) mass is 222 g/mol. The smallest absolute Gasteiger partial charge is 0.317 e. The topological polar surface area (TPSA) is 41.6 Å². The van der Waals surface area contributed by atoms with Gasteiger partial charge in [0.05, 0.1) is 12.6 Å². The predicted molar refractivity (Wildman–Crippen MR) is 51.0 cm³/mol. The maximum atomic E-state index is 11.8. The van der Waals surface area contributed by atoms with Gasteiger partial charge in [-0.2, -0.15) is 0 Å². The molecular formula is C9H16F2N2O2. The molecule has 0 saturated carbocycles. The molecule has 6 heteroatoms. The fraction of sp³-hybridized carbons (Fsp3) is 0.889. The van der Waals surface area contributed by atoms with Crippen molar-refractivity contribution in [3.63, 3.8) is 0 Å². The van der Waals surface area contributed by atoms with Crippen LogP contribution in [0.15, 0.2) is 0 Å². The van der Waals surface area contributed by atoms with Crippen molar-refractivity contribution in [1.82, 2.24) is 10.2 Å². The van der Waals surface area contributed by atoms with Gasteiger partial charge in [0.1, 0.15) is 0 Å². The Bertz CT molecular complexity index is 214. The second-order valence-electron chi connectivity index (χ2n) is 3.52. The fourth-order valence-corrected chi connectivity index (χ4v) is 1.59. The van der Waals surface area contributed by atoms with E-state index in [4.69, 9.17) is 4.74 Å². The predicted octanol–water partition coefficient (Wildman–Crippen LogP) is 1.07. The molecule has 0 aromatic rings. The number of ether oxygens (including phenoxy) is 1. The van der Waals surface area contributed by atoms with Crippen molar-refractivity contribution < 1.29 is 18.3 Å². The number of likely N-dealkylation sites (tertiary alicyclic amines) is 1. The van der Waals surface area contributed by atoms with E-state index >= 15 is 0 Å². The Hall–Kier alpha value is -0.910. The summed E-state index contributed by atoms with van der Waals surface area (Å²) in [4.78, 5) is 12.9. The number of rotatable bonds is 3. The van der Waals surface area contributed by atoms with E-state index in [9.17, 15) is 13.6 Å². The number of amides is 2. The third-order valence-corrected chi connectivity index (χ3v) is 2.41. The second kappa shape index (κ2) is 5.85. The third kappa shape index (κ3) is 3.99. The Morgan fingerprint density at radius 1 is 1.67 bits per heavy atom. The highest BCUT2D eigenvalue weighted by atomic mass is 19.3. The minimum absolute atomic E-state index is 0.0241. The summed E-state index contributed by atoms with van der Waals surface area (Å²) in [5, 5.41) is 2.18. The van der Waals surface area contributed by atoms with Gasteiger partial charge in [0.2, 0.25) is 0 Å². The Kier molecular flexibility index (Phi) is 4.74. The Morgan fingerprint density at radius 2 is 2.40 bits per heavy atom. The quantitative estimate of drug-likeness (QED) is 0.776. The van der Waals surface area contributed by atoms with Crippen LogP contribution < -0.4 is 5.32 Å². The molecule has 4 nitrogen and oxygen atoms in total. The third-order valence-electron chi connectivity index (χ3n) is 2.41. The highest BCUT2D eigenvalue weighted by molar-refractivity contribution is 5.74. The zero-order valence-corrected chi connectivity index (χ0v) is 8.71. The Morgan fingerprint density at radius 3 is 3.00 bits per heavy atom. The number of methoxy groups -OCH3 is 1. The molecule has 0 radical (unpaired) electrons. The molecule has 1 atom stereocenters. The van der Waals surface area contributed by atoms with Gasteiger partial charge in [-0.05, 0) is 12.8 Å². The lowest BCUT2D eigenvalue weighted by Gasteiger charge is -2.31. The van der Waals surface area contributed by atoms with Crippen molar-refractivity contribution in [1.29, 1.82) is 0 Å². The summed E-state index contributed by atoms with van der Waals surface area (Å²) in [6, 6.07) is -0.433. The Balaban J connectivity index is 2.32. The van der Waals surface area contributed by atoms with E-state index in [1.54, 1.807) is 7.11 Å². The standard InChI is InChI=1S/C9H16F2N2O2/c1-15-7-3-2-4-13(6-7)9(14)12-5-8(10)11/h7-8H,2-6H2,1H3,(H,12,14). The van der Waals surface area contributed by atoms with Crippen molar-refractivity contribution in [2.75, 3.05) is 26.7 Å². The van der Waals surface area contributed by atoms with Crippen LogP contribution in [0, 0.1) is 0 Å². The number of carbonyl (C=O) groups excluding carboxylic acids is 1. The molecule has 2 amide bonds. The first-order chi connectivity index (χ1) is 7.13. The molecule has 88 valence electrons. The summed E-state index contributed by atoms with van der Waals surface area (Å²) in [5.74, 6) is 0. The number of piperidine rings is 1. The molecule has 1 rings (SSSR count). The van der Waals surface area contributed by atoms with Gasteiger partial charge in [-0.15, -0.1) is 0 Å². The number of urea groups is 1. The van der Waals surface area contributed by atoms with E-state index in [0.717, 1.165) is 12.8 Å². The Labute approximate surface area is 87.6 Å². The van der Waals surface area contributed by atoms with Crippen molar-refractivity contribution in [2.45, 2.75) is 25.4 Å². The number of alkyl halides is 2. The summed E-state index contributed by atoms with van der Waals surface area (Å²) in [7, 11) is 1.59. The zero-order chi connectivity index (χ0) is 11.3. The van der Waals surface area contributed by atoms with Crippen LogP contribution in [-0.4, -0.2) is 50.2 Å². The highest BCUT2D eigenvalue weighted by Gasteiger charge is 2.23. The molecular weight excluding hydrogens is 206 g/mol. The number of nitrogens with one attached hydrogen (secondary N) is 1. The fourth-order valence-electron chi connectivity index (χ4n) is 1.59. The summed E-state index contributed by atoms with van der Waals surface area (Å²) in [6.45, 7) is 0.494. The molecule has 1 saturated heterocycles. The van der Waals surface area contributed by atoms with Crippen molar-refractivity contribution in [3.8, 4) is 0 Å². The first-order valence-electron chi connectivity index (χ1n) is 4.97. The largest absolute Gasteiger partial charge is 0.380 e. The number of nitrogens with zero attached hydrogens (tertiary/aromatic N) is 1. The van der Waals surface area contributed by atoms with Crippen molar-refractivity contribution >= 4 is 6.03 Å². The van der Waals surface area contributed by atoms with Crippen molar-refractivity contribution in [3.05, 3.63) is 0 Å². The number of halogens is 2. The van der Waals surface area contributed by atoms with Gasteiger partial charge in [-0.3, -0.25) is 0 Å². The van der Waals surface area contributed by atoms with Gasteiger partial charge >= 0.3 is 6.03 Å².